The maximum Gasteiger partial charge on any atom is 0.409 e. The first kappa shape index (κ1) is 29.7. The maximum atomic E-state index is 12.3. The topological polar surface area (TPSA) is 94.5 Å². The zero-order chi connectivity index (χ0) is 26.3. The van der Waals surface area contributed by atoms with E-state index in [-0.39, 0.29) is 19.6 Å². The van der Waals surface area contributed by atoms with E-state index < -0.39 is 18.2 Å². The van der Waals surface area contributed by atoms with Crippen molar-refractivity contribution in [3.05, 3.63) is 63.6 Å². The van der Waals surface area contributed by atoms with Gasteiger partial charge in [0.15, 0.2) is 6.10 Å². The van der Waals surface area contributed by atoms with Crippen LogP contribution >= 0.6 is 23.2 Å². The van der Waals surface area contributed by atoms with Crippen molar-refractivity contribution in [2.24, 2.45) is 0 Å². The molecule has 0 heterocycles. The number of hydrogen-bond donors (Lipinski definition) is 1. The second-order valence-electron chi connectivity index (χ2n) is 7.85. The Morgan fingerprint density at radius 3 is 2.25 bits per heavy atom. The second kappa shape index (κ2) is 16.3. The third-order valence-electron chi connectivity index (χ3n) is 5.05. The summed E-state index contributed by atoms with van der Waals surface area (Å²) in [7, 11) is 0. The normalized spacial score (nSPS) is 11.7. The van der Waals surface area contributed by atoms with Crippen molar-refractivity contribution in [2.45, 2.75) is 39.4 Å². The van der Waals surface area contributed by atoms with Gasteiger partial charge in [-0.25, -0.2) is 9.59 Å². The van der Waals surface area contributed by atoms with Gasteiger partial charge >= 0.3 is 12.1 Å². The van der Waals surface area contributed by atoms with Crippen molar-refractivity contribution in [1.82, 2.24) is 4.90 Å². The van der Waals surface area contributed by atoms with Crippen LogP contribution in [0.3, 0.4) is 0 Å². The van der Waals surface area contributed by atoms with Gasteiger partial charge in [0.25, 0.3) is 0 Å². The second-order valence-corrected chi connectivity index (χ2v) is 8.72. The molecule has 2 rings (SSSR count). The molecule has 10 heteroatoms. The monoisotopic (exact) mass is 541 g/mol. The third-order valence-corrected chi connectivity index (χ3v) is 5.49. The highest BCUT2D eigenvalue weighted by Gasteiger charge is 2.18. The van der Waals surface area contributed by atoms with Crippen molar-refractivity contribution in [3.63, 3.8) is 0 Å². The molecule has 0 saturated carbocycles. The molecule has 0 saturated heterocycles. The molecule has 1 amide bonds. The van der Waals surface area contributed by atoms with Gasteiger partial charge in [0.1, 0.15) is 12.4 Å². The van der Waals surface area contributed by atoms with Crippen molar-refractivity contribution >= 4 is 35.3 Å². The summed E-state index contributed by atoms with van der Waals surface area (Å²) in [4.78, 5) is 25.2. The van der Waals surface area contributed by atoms with E-state index >= 15 is 0 Å². The summed E-state index contributed by atoms with van der Waals surface area (Å²) in [6, 6.07) is 12.4. The molecule has 0 aromatic heterocycles. The Hall–Kier alpha value is -2.52. The van der Waals surface area contributed by atoms with Crippen LogP contribution in [-0.2, 0) is 32.0 Å². The van der Waals surface area contributed by atoms with Gasteiger partial charge in [0.05, 0.1) is 19.8 Å². The number of carbonyl (C=O) groups excluding carboxylic acids is 1. The van der Waals surface area contributed by atoms with Crippen LogP contribution in [-0.4, -0.2) is 67.7 Å². The lowest BCUT2D eigenvalue weighted by Crippen LogP contribution is -2.36. The van der Waals surface area contributed by atoms with Gasteiger partial charge in [-0.3, -0.25) is 0 Å². The van der Waals surface area contributed by atoms with Gasteiger partial charge in [-0.05, 0) is 61.7 Å². The van der Waals surface area contributed by atoms with Gasteiger partial charge in [-0.1, -0.05) is 35.3 Å². The van der Waals surface area contributed by atoms with Crippen LogP contribution in [0.5, 0.6) is 5.75 Å². The number of hydrogen-bond acceptors (Lipinski definition) is 6. The Balaban J connectivity index is 1.78. The van der Waals surface area contributed by atoms with Gasteiger partial charge in [0, 0.05) is 36.2 Å². The number of carboxylic acid groups (broad SMARTS) is 1. The summed E-state index contributed by atoms with van der Waals surface area (Å²) in [5.74, 6) is -0.371. The van der Waals surface area contributed by atoms with E-state index in [0.717, 1.165) is 11.1 Å². The summed E-state index contributed by atoms with van der Waals surface area (Å²) in [6.07, 6.45) is -0.403. The average molecular weight is 542 g/mol. The predicted molar refractivity (Wildman–Crippen MR) is 138 cm³/mol. The molecule has 2 aromatic rings. The fourth-order valence-corrected chi connectivity index (χ4v) is 3.95. The van der Waals surface area contributed by atoms with Crippen molar-refractivity contribution in [2.75, 3.05) is 39.5 Å². The van der Waals surface area contributed by atoms with Crippen LogP contribution in [0, 0.1) is 0 Å². The number of carboxylic acids is 1. The molecule has 0 aliphatic carbocycles. The average Bonchev–Trinajstić information content (AvgIpc) is 2.83. The Labute approximate surface area is 222 Å². The van der Waals surface area contributed by atoms with Crippen LogP contribution in [0.25, 0.3) is 0 Å². The van der Waals surface area contributed by atoms with Gasteiger partial charge < -0.3 is 29.0 Å². The molecular weight excluding hydrogens is 509 g/mol. The molecule has 1 unspecified atom stereocenters. The summed E-state index contributed by atoms with van der Waals surface area (Å²) in [6.45, 7) is 6.02. The first-order chi connectivity index (χ1) is 17.3. The maximum absolute atomic E-state index is 12.3. The van der Waals surface area contributed by atoms with E-state index in [4.69, 9.17) is 42.1 Å². The summed E-state index contributed by atoms with van der Waals surface area (Å²) in [5.41, 5.74) is 1.71. The summed E-state index contributed by atoms with van der Waals surface area (Å²) in [5, 5.41) is 10.3. The van der Waals surface area contributed by atoms with Gasteiger partial charge in [-0.15, -0.1) is 0 Å². The van der Waals surface area contributed by atoms with Gasteiger partial charge in [-0.2, -0.15) is 0 Å². The highest BCUT2D eigenvalue weighted by atomic mass is 35.5. The smallest absolute Gasteiger partial charge is 0.409 e. The number of ether oxygens (including phenoxy) is 4. The Morgan fingerprint density at radius 2 is 1.64 bits per heavy atom. The molecule has 1 atom stereocenters. The molecule has 2 aromatic carbocycles. The molecule has 1 N–H and O–H groups in total. The number of nitrogens with zero attached hydrogens (tertiary/aromatic N) is 1. The molecule has 0 aliphatic heterocycles. The number of carbonyl (C=O) groups is 2. The van der Waals surface area contributed by atoms with Crippen LogP contribution in [0.1, 0.15) is 31.4 Å². The number of halogens is 2. The van der Waals surface area contributed by atoms with E-state index in [1.807, 2.05) is 0 Å². The lowest BCUT2D eigenvalue weighted by molar-refractivity contribution is -0.149. The molecule has 8 nitrogen and oxygen atoms in total. The zero-order valence-corrected chi connectivity index (χ0v) is 22.1. The minimum absolute atomic E-state index is 0.270. The predicted octanol–water partition coefficient (Wildman–Crippen LogP) is 5.47. The van der Waals surface area contributed by atoms with Crippen LogP contribution in [0.15, 0.2) is 42.5 Å². The van der Waals surface area contributed by atoms with E-state index in [0.29, 0.717) is 55.1 Å². The molecule has 0 aliphatic rings. The summed E-state index contributed by atoms with van der Waals surface area (Å²) >= 11 is 12.0. The Kier molecular flexibility index (Phi) is 13.4. The molecule has 0 fully saturated rings. The SMILES string of the molecule is CCOC(=O)N(CCCOCc1cc(Cl)cc(Cl)c1)CCOc1ccc(CC(OCC)C(=O)O)cc1. The largest absolute Gasteiger partial charge is 0.492 e. The Morgan fingerprint density at radius 1 is 0.944 bits per heavy atom. The Bertz CT molecular complexity index is 936. The number of amides is 1. The molecule has 36 heavy (non-hydrogen) atoms. The minimum Gasteiger partial charge on any atom is -0.492 e. The first-order valence-electron chi connectivity index (χ1n) is 11.8. The molecule has 0 spiro atoms. The number of aliphatic carboxylic acids is 1. The van der Waals surface area contributed by atoms with E-state index in [1.165, 1.54) is 0 Å². The lowest BCUT2D eigenvalue weighted by Gasteiger charge is -2.22. The fraction of sp³-hybridized carbons (Fsp3) is 0.462. The van der Waals surface area contributed by atoms with Crippen LogP contribution in [0.2, 0.25) is 10.0 Å². The van der Waals surface area contributed by atoms with E-state index in [1.54, 1.807) is 61.2 Å². The number of benzene rings is 2. The zero-order valence-electron chi connectivity index (χ0n) is 20.6. The first-order valence-corrected chi connectivity index (χ1v) is 12.6. The number of rotatable bonds is 16. The van der Waals surface area contributed by atoms with E-state index in [9.17, 15) is 14.7 Å². The van der Waals surface area contributed by atoms with Crippen molar-refractivity contribution < 1.29 is 33.6 Å². The quantitative estimate of drug-likeness (QED) is 0.281. The van der Waals surface area contributed by atoms with E-state index in [2.05, 4.69) is 0 Å². The fourth-order valence-electron chi connectivity index (χ4n) is 3.38. The van der Waals surface area contributed by atoms with Gasteiger partial charge in [0.2, 0.25) is 0 Å². The van der Waals surface area contributed by atoms with Crippen LogP contribution < -0.4 is 4.74 Å². The summed E-state index contributed by atoms with van der Waals surface area (Å²) < 4.78 is 21.9. The van der Waals surface area contributed by atoms with Crippen molar-refractivity contribution in [3.8, 4) is 5.75 Å². The minimum atomic E-state index is -0.990. The molecule has 198 valence electrons. The standard InChI is InChI=1S/C26H33Cl2NO7/c1-3-34-24(25(30)31)16-19-6-8-23(9-7-19)36-13-11-29(26(32)35-4-2)10-5-12-33-18-20-14-21(27)17-22(28)15-20/h6-9,14-15,17,24H,3-5,10-13,16,18H2,1-2H3,(H,30,31). The van der Waals surface area contributed by atoms with Crippen molar-refractivity contribution in [1.29, 1.82) is 0 Å². The molecule has 0 bridgehead atoms. The molecular formula is C26H33Cl2NO7. The molecule has 0 radical (unpaired) electrons. The highest BCUT2D eigenvalue weighted by molar-refractivity contribution is 6.34. The third kappa shape index (κ3) is 11.0. The van der Waals surface area contributed by atoms with Crippen LogP contribution in [0.4, 0.5) is 4.79 Å². The lowest BCUT2D eigenvalue weighted by atomic mass is 10.1. The highest BCUT2D eigenvalue weighted by Crippen LogP contribution is 2.19.